The quantitative estimate of drug-likeness (QED) is 0.725. The lowest BCUT2D eigenvalue weighted by molar-refractivity contribution is -0.0300. The summed E-state index contributed by atoms with van der Waals surface area (Å²) in [7, 11) is 2.03. The Labute approximate surface area is 94.2 Å². The first-order valence-corrected chi connectivity index (χ1v) is 6.27. The van der Waals surface area contributed by atoms with Gasteiger partial charge in [-0.3, -0.25) is 4.90 Å². The zero-order valence-corrected chi connectivity index (χ0v) is 10.5. The van der Waals surface area contributed by atoms with Crippen LogP contribution in [-0.2, 0) is 4.74 Å². The van der Waals surface area contributed by atoms with Crippen molar-refractivity contribution in [2.75, 3.05) is 33.3 Å². The second kappa shape index (κ2) is 7.20. The molecule has 0 aromatic carbocycles. The molecule has 1 fully saturated rings. The summed E-state index contributed by atoms with van der Waals surface area (Å²) in [5.74, 6) is 0. The molecule has 90 valence electrons. The molecule has 1 N–H and O–H groups in total. The fourth-order valence-electron chi connectivity index (χ4n) is 2.00. The lowest BCUT2D eigenvalue weighted by atomic mass is 10.1. The molecule has 3 nitrogen and oxygen atoms in total. The van der Waals surface area contributed by atoms with Crippen molar-refractivity contribution in [3.05, 3.63) is 0 Å². The molecule has 1 aliphatic heterocycles. The van der Waals surface area contributed by atoms with Crippen LogP contribution in [0.5, 0.6) is 0 Å². The minimum Gasteiger partial charge on any atom is -0.376 e. The van der Waals surface area contributed by atoms with Gasteiger partial charge in [0.05, 0.1) is 12.7 Å². The summed E-state index contributed by atoms with van der Waals surface area (Å²) in [6.07, 6.45) is 4.17. The summed E-state index contributed by atoms with van der Waals surface area (Å²) < 4.78 is 5.65. The van der Waals surface area contributed by atoms with E-state index < -0.39 is 0 Å². The van der Waals surface area contributed by atoms with E-state index in [2.05, 4.69) is 24.1 Å². The largest absolute Gasteiger partial charge is 0.376 e. The molecule has 0 bridgehead atoms. The highest BCUT2D eigenvalue weighted by Gasteiger charge is 2.18. The fourth-order valence-corrected chi connectivity index (χ4v) is 2.00. The molecule has 2 unspecified atom stereocenters. The molecule has 3 heteroatoms. The Morgan fingerprint density at radius 2 is 2.33 bits per heavy atom. The Kier molecular flexibility index (Phi) is 6.22. The molecule has 0 spiro atoms. The van der Waals surface area contributed by atoms with Gasteiger partial charge in [0.1, 0.15) is 0 Å². The van der Waals surface area contributed by atoms with Gasteiger partial charge >= 0.3 is 0 Å². The van der Waals surface area contributed by atoms with Gasteiger partial charge in [0.2, 0.25) is 0 Å². The van der Waals surface area contributed by atoms with Crippen molar-refractivity contribution >= 4 is 0 Å². The van der Waals surface area contributed by atoms with Crippen LogP contribution in [0.15, 0.2) is 0 Å². The van der Waals surface area contributed by atoms with Crippen LogP contribution in [-0.4, -0.2) is 50.3 Å². The van der Waals surface area contributed by atoms with E-state index in [1.807, 2.05) is 7.05 Å². The summed E-state index contributed by atoms with van der Waals surface area (Å²) in [5.41, 5.74) is 0. The van der Waals surface area contributed by atoms with Gasteiger partial charge in [0.15, 0.2) is 0 Å². The van der Waals surface area contributed by atoms with E-state index in [4.69, 9.17) is 4.74 Å². The number of rotatable bonds is 6. The molecule has 1 saturated heterocycles. The highest BCUT2D eigenvalue weighted by molar-refractivity contribution is 4.70. The molecule has 0 amide bonds. The summed E-state index contributed by atoms with van der Waals surface area (Å²) in [6, 6.07) is 0.646. The van der Waals surface area contributed by atoms with Gasteiger partial charge < -0.3 is 10.1 Å². The summed E-state index contributed by atoms with van der Waals surface area (Å²) in [4.78, 5) is 2.54. The highest BCUT2D eigenvalue weighted by atomic mass is 16.5. The zero-order chi connectivity index (χ0) is 11.1. The Hall–Kier alpha value is -0.120. The summed E-state index contributed by atoms with van der Waals surface area (Å²) >= 11 is 0. The van der Waals surface area contributed by atoms with Crippen LogP contribution < -0.4 is 5.32 Å². The molecule has 1 aliphatic rings. The standard InChI is InChI=1S/C12H26N2O/c1-4-12-10-14(8-9-15-12)7-5-6-11(2)13-3/h11-13H,4-10H2,1-3H3. The Bertz CT molecular complexity index is 164. The average Bonchev–Trinajstić information content (AvgIpc) is 2.29. The molecule has 0 saturated carbocycles. The van der Waals surface area contributed by atoms with Crippen LogP contribution >= 0.6 is 0 Å². The van der Waals surface area contributed by atoms with Gasteiger partial charge in [-0.2, -0.15) is 0 Å². The first-order chi connectivity index (χ1) is 7.26. The van der Waals surface area contributed by atoms with Gasteiger partial charge in [-0.05, 0) is 39.8 Å². The van der Waals surface area contributed by atoms with Crippen LogP contribution in [0.2, 0.25) is 0 Å². The Morgan fingerprint density at radius 1 is 1.53 bits per heavy atom. The topological polar surface area (TPSA) is 24.5 Å². The van der Waals surface area contributed by atoms with Crippen molar-refractivity contribution < 1.29 is 4.74 Å². The summed E-state index contributed by atoms with van der Waals surface area (Å²) in [6.45, 7) is 8.84. The molecule has 0 aromatic heterocycles. The Morgan fingerprint density at radius 3 is 3.00 bits per heavy atom. The number of hydrogen-bond acceptors (Lipinski definition) is 3. The van der Waals surface area contributed by atoms with Gasteiger partial charge in [-0.15, -0.1) is 0 Å². The lowest BCUT2D eigenvalue weighted by Crippen LogP contribution is -2.42. The number of ether oxygens (including phenoxy) is 1. The molecule has 0 aromatic rings. The molecular formula is C12H26N2O. The normalized spacial score (nSPS) is 25.4. The molecule has 15 heavy (non-hydrogen) atoms. The van der Waals surface area contributed by atoms with Crippen molar-refractivity contribution in [1.29, 1.82) is 0 Å². The second-order valence-corrected chi connectivity index (χ2v) is 4.53. The minimum absolute atomic E-state index is 0.473. The molecular weight excluding hydrogens is 188 g/mol. The summed E-state index contributed by atoms with van der Waals surface area (Å²) in [5, 5.41) is 3.28. The lowest BCUT2D eigenvalue weighted by Gasteiger charge is -2.32. The van der Waals surface area contributed by atoms with Crippen molar-refractivity contribution in [2.45, 2.75) is 45.3 Å². The van der Waals surface area contributed by atoms with Gasteiger partial charge in [-0.25, -0.2) is 0 Å². The van der Waals surface area contributed by atoms with Gasteiger partial charge in [-0.1, -0.05) is 6.92 Å². The predicted octanol–water partition coefficient (Wildman–Crippen LogP) is 1.49. The van der Waals surface area contributed by atoms with E-state index >= 15 is 0 Å². The number of nitrogens with one attached hydrogen (secondary N) is 1. The molecule has 0 radical (unpaired) electrons. The second-order valence-electron chi connectivity index (χ2n) is 4.53. The first-order valence-electron chi connectivity index (χ1n) is 6.27. The van der Waals surface area contributed by atoms with Crippen molar-refractivity contribution in [1.82, 2.24) is 10.2 Å². The van der Waals surface area contributed by atoms with E-state index in [1.165, 1.54) is 19.4 Å². The molecule has 1 rings (SSSR count). The van der Waals surface area contributed by atoms with E-state index in [0.717, 1.165) is 26.1 Å². The zero-order valence-electron chi connectivity index (χ0n) is 10.5. The third kappa shape index (κ3) is 4.96. The number of hydrogen-bond donors (Lipinski definition) is 1. The minimum atomic E-state index is 0.473. The maximum absolute atomic E-state index is 5.65. The van der Waals surface area contributed by atoms with Crippen LogP contribution in [0, 0.1) is 0 Å². The van der Waals surface area contributed by atoms with E-state index in [1.54, 1.807) is 0 Å². The molecule has 2 atom stereocenters. The fraction of sp³-hybridized carbons (Fsp3) is 1.00. The van der Waals surface area contributed by atoms with E-state index in [0.29, 0.717) is 12.1 Å². The first kappa shape index (κ1) is 12.9. The van der Waals surface area contributed by atoms with Gasteiger partial charge in [0, 0.05) is 19.1 Å². The Balaban J connectivity index is 2.10. The SMILES string of the molecule is CCC1CN(CCCC(C)NC)CCO1. The predicted molar refractivity (Wildman–Crippen MR) is 64.2 cm³/mol. The van der Waals surface area contributed by atoms with E-state index in [9.17, 15) is 0 Å². The van der Waals surface area contributed by atoms with E-state index in [-0.39, 0.29) is 0 Å². The maximum Gasteiger partial charge on any atom is 0.0700 e. The smallest absolute Gasteiger partial charge is 0.0700 e. The molecule has 0 aliphatic carbocycles. The maximum atomic E-state index is 5.65. The van der Waals surface area contributed by atoms with Crippen LogP contribution in [0.4, 0.5) is 0 Å². The molecule has 1 heterocycles. The van der Waals surface area contributed by atoms with Crippen molar-refractivity contribution in [2.24, 2.45) is 0 Å². The third-order valence-electron chi connectivity index (χ3n) is 3.28. The monoisotopic (exact) mass is 214 g/mol. The van der Waals surface area contributed by atoms with Crippen molar-refractivity contribution in [3.63, 3.8) is 0 Å². The highest BCUT2D eigenvalue weighted by Crippen LogP contribution is 2.09. The van der Waals surface area contributed by atoms with Crippen molar-refractivity contribution in [3.8, 4) is 0 Å². The van der Waals surface area contributed by atoms with Crippen LogP contribution in [0.25, 0.3) is 0 Å². The third-order valence-corrected chi connectivity index (χ3v) is 3.28. The number of nitrogens with zero attached hydrogens (tertiary/aromatic N) is 1. The van der Waals surface area contributed by atoms with Crippen LogP contribution in [0.1, 0.15) is 33.1 Å². The van der Waals surface area contributed by atoms with Crippen LogP contribution in [0.3, 0.4) is 0 Å². The van der Waals surface area contributed by atoms with Gasteiger partial charge in [0.25, 0.3) is 0 Å². The number of morpholine rings is 1. The average molecular weight is 214 g/mol.